The molecule has 30 heavy (non-hydrogen) atoms. The molecule has 0 radical (unpaired) electrons. The van der Waals surface area contributed by atoms with Gasteiger partial charge >= 0.3 is 0 Å². The number of carbonyl (C=O) groups is 2. The highest BCUT2D eigenvalue weighted by Crippen LogP contribution is 2.16. The van der Waals surface area contributed by atoms with Gasteiger partial charge in [-0.05, 0) is 64.9 Å². The number of nitrogens with zero attached hydrogens (tertiary/aromatic N) is 3. The number of hydrogen-bond acceptors (Lipinski definition) is 5. The molecule has 0 unspecified atom stereocenters. The van der Waals surface area contributed by atoms with Gasteiger partial charge in [0.2, 0.25) is 11.8 Å². The summed E-state index contributed by atoms with van der Waals surface area (Å²) in [5.41, 5.74) is 2.15. The number of nitrogens with one attached hydrogen (secondary N) is 1. The summed E-state index contributed by atoms with van der Waals surface area (Å²) in [6, 6.07) is 6.17. The van der Waals surface area contributed by atoms with Gasteiger partial charge in [0.05, 0.1) is 13.1 Å². The minimum atomic E-state index is -0.221. The van der Waals surface area contributed by atoms with Crippen molar-refractivity contribution in [3.05, 3.63) is 29.3 Å². The zero-order valence-electron chi connectivity index (χ0n) is 19.5. The largest absolute Gasteiger partial charge is 0.492 e. The smallest absolute Gasteiger partial charge is 0.236 e. The minimum absolute atomic E-state index is 0.0332. The van der Waals surface area contributed by atoms with Crippen LogP contribution in [0.3, 0.4) is 0 Å². The van der Waals surface area contributed by atoms with E-state index < -0.39 is 0 Å². The van der Waals surface area contributed by atoms with E-state index in [0.717, 1.165) is 18.8 Å². The molecule has 2 rings (SSSR count). The monoisotopic (exact) mass is 418 g/mol. The topological polar surface area (TPSA) is 65.1 Å². The maximum atomic E-state index is 12.6. The van der Waals surface area contributed by atoms with Crippen LogP contribution in [-0.4, -0.2) is 91.5 Å². The van der Waals surface area contributed by atoms with E-state index in [-0.39, 0.29) is 17.4 Å². The molecule has 0 aliphatic carbocycles. The molecule has 0 spiro atoms. The SMILES string of the molecule is Cc1cc(C)cc(OCCN(C)CC(=O)N2CCN(CC(=O)NC(C)(C)C)CC2)c1. The van der Waals surface area contributed by atoms with E-state index in [1.807, 2.05) is 49.8 Å². The summed E-state index contributed by atoms with van der Waals surface area (Å²) in [6.45, 7) is 14.8. The molecule has 1 saturated heterocycles. The lowest BCUT2D eigenvalue weighted by atomic mass is 10.1. The fraction of sp³-hybridized carbons (Fsp3) is 0.652. The zero-order chi connectivity index (χ0) is 22.3. The van der Waals surface area contributed by atoms with Crippen LogP contribution in [0.1, 0.15) is 31.9 Å². The van der Waals surface area contributed by atoms with Crippen LogP contribution >= 0.6 is 0 Å². The van der Waals surface area contributed by atoms with Crippen molar-refractivity contribution in [3.63, 3.8) is 0 Å². The van der Waals surface area contributed by atoms with E-state index in [4.69, 9.17) is 4.74 Å². The molecule has 1 aromatic rings. The molecule has 1 fully saturated rings. The van der Waals surface area contributed by atoms with Crippen LogP contribution in [0.15, 0.2) is 18.2 Å². The van der Waals surface area contributed by atoms with Gasteiger partial charge in [0.15, 0.2) is 0 Å². The van der Waals surface area contributed by atoms with Crippen LogP contribution in [-0.2, 0) is 9.59 Å². The third-order valence-electron chi connectivity index (χ3n) is 4.95. The standard InChI is InChI=1S/C23H38N4O3/c1-18-13-19(2)15-20(14-18)30-12-11-25(6)17-22(29)27-9-7-26(8-10-27)16-21(28)24-23(3,4)5/h13-15H,7-12,16-17H2,1-6H3,(H,24,28). The van der Waals surface area contributed by atoms with Gasteiger partial charge in [0, 0.05) is 38.3 Å². The summed E-state index contributed by atoms with van der Waals surface area (Å²) in [5.74, 6) is 1.03. The summed E-state index contributed by atoms with van der Waals surface area (Å²) >= 11 is 0. The Morgan fingerprint density at radius 1 is 1.07 bits per heavy atom. The van der Waals surface area contributed by atoms with Gasteiger partial charge in [-0.15, -0.1) is 0 Å². The lowest BCUT2D eigenvalue weighted by Gasteiger charge is -2.35. The number of ether oxygens (including phenoxy) is 1. The molecular formula is C23H38N4O3. The van der Waals surface area contributed by atoms with Gasteiger partial charge in [-0.25, -0.2) is 0 Å². The lowest BCUT2D eigenvalue weighted by Crippen LogP contribution is -2.54. The fourth-order valence-electron chi connectivity index (χ4n) is 3.56. The number of amides is 2. The van der Waals surface area contributed by atoms with Crippen molar-refractivity contribution in [3.8, 4) is 5.75 Å². The molecule has 7 nitrogen and oxygen atoms in total. The number of rotatable bonds is 8. The Labute approximate surface area is 181 Å². The van der Waals surface area contributed by atoms with Gasteiger partial charge < -0.3 is 15.0 Å². The average Bonchev–Trinajstić information content (AvgIpc) is 2.59. The molecule has 2 amide bonds. The van der Waals surface area contributed by atoms with Crippen molar-refractivity contribution in [1.29, 1.82) is 0 Å². The van der Waals surface area contributed by atoms with Crippen LogP contribution in [0.5, 0.6) is 5.75 Å². The summed E-state index contributed by atoms with van der Waals surface area (Å²) in [6.07, 6.45) is 0. The number of benzene rings is 1. The van der Waals surface area contributed by atoms with Crippen molar-refractivity contribution in [1.82, 2.24) is 20.0 Å². The van der Waals surface area contributed by atoms with Crippen molar-refractivity contribution in [2.75, 3.05) is 59.5 Å². The first-order valence-corrected chi connectivity index (χ1v) is 10.7. The normalized spacial score (nSPS) is 15.4. The quantitative estimate of drug-likeness (QED) is 0.696. The highest BCUT2D eigenvalue weighted by Gasteiger charge is 2.24. The second-order valence-electron chi connectivity index (χ2n) is 9.36. The van der Waals surface area contributed by atoms with Crippen LogP contribution in [0.4, 0.5) is 0 Å². The van der Waals surface area contributed by atoms with E-state index in [1.165, 1.54) is 11.1 Å². The number of carbonyl (C=O) groups excluding carboxylic acids is 2. The second-order valence-corrected chi connectivity index (χ2v) is 9.36. The predicted octanol–water partition coefficient (Wildman–Crippen LogP) is 1.67. The Morgan fingerprint density at radius 2 is 1.67 bits per heavy atom. The Bertz CT molecular complexity index is 701. The number of hydrogen-bond donors (Lipinski definition) is 1. The Balaban J connectivity index is 1.67. The molecule has 1 aliphatic heterocycles. The Morgan fingerprint density at radius 3 is 2.23 bits per heavy atom. The molecule has 1 aliphatic rings. The lowest BCUT2D eigenvalue weighted by molar-refractivity contribution is -0.134. The summed E-state index contributed by atoms with van der Waals surface area (Å²) in [7, 11) is 1.94. The van der Waals surface area contributed by atoms with Gasteiger partial charge in [-0.2, -0.15) is 0 Å². The van der Waals surface area contributed by atoms with E-state index in [1.54, 1.807) is 0 Å². The highest BCUT2D eigenvalue weighted by atomic mass is 16.5. The first-order valence-electron chi connectivity index (χ1n) is 10.7. The number of piperazine rings is 1. The van der Waals surface area contributed by atoms with Gasteiger partial charge in [0.1, 0.15) is 12.4 Å². The molecule has 1 heterocycles. The van der Waals surface area contributed by atoms with E-state index in [2.05, 4.69) is 30.1 Å². The molecule has 1 aromatic carbocycles. The summed E-state index contributed by atoms with van der Waals surface area (Å²) in [5, 5.41) is 2.98. The van der Waals surface area contributed by atoms with Crippen molar-refractivity contribution < 1.29 is 14.3 Å². The average molecular weight is 419 g/mol. The van der Waals surface area contributed by atoms with E-state index in [0.29, 0.717) is 39.3 Å². The maximum Gasteiger partial charge on any atom is 0.236 e. The van der Waals surface area contributed by atoms with Gasteiger partial charge in [0.25, 0.3) is 0 Å². The maximum absolute atomic E-state index is 12.6. The van der Waals surface area contributed by atoms with E-state index in [9.17, 15) is 9.59 Å². The Kier molecular flexibility index (Phi) is 8.67. The molecule has 0 aromatic heterocycles. The third kappa shape index (κ3) is 8.71. The second kappa shape index (κ2) is 10.8. The molecule has 0 saturated carbocycles. The van der Waals surface area contributed by atoms with Crippen molar-refractivity contribution >= 4 is 11.8 Å². The summed E-state index contributed by atoms with van der Waals surface area (Å²) < 4.78 is 5.84. The summed E-state index contributed by atoms with van der Waals surface area (Å²) in [4.78, 5) is 30.7. The zero-order valence-corrected chi connectivity index (χ0v) is 19.5. The first kappa shape index (κ1) is 24.2. The van der Waals surface area contributed by atoms with Crippen molar-refractivity contribution in [2.24, 2.45) is 0 Å². The molecule has 1 N–H and O–H groups in total. The number of aryl methyl sites for hydroxylation is 2. The third-order valence-corrected chi connectivity index (χ3v) is 4.95. The highest BCUT2D eigenvalue weighted by molar-refractivity contribution is 5.79. The fourth-order valence-corrected chi connectivity index (χ4v) is 3.56. The first-order chi connectivity index (χ1) is 14.0. The molecule has 0 bridgehead atoms. The molecular weight excluding hydrogens is 380 g/mol. The predicted molar refractivity (Wildman–Crippen MR) is 120 cm³/mol. The van der Waals surface area contributed by atoms with E-state index >= 15 is 0 Å². The van der Waals surface area contributed by atoms with Crippen LogP contribution in [0.25, 0.3) is 0 Å². The van der Waals surface area contributed by atoms with Crippen molar-refractivity contribution in [2.45, 2.75) is 40.2 Å². The van der Waals surface area contributed by atoms with Crippen LogP contribution < -0.4 is 10.1 Å². The van der Waals surface area contributed by atoms with Gasteiger partial charge in [-0.1, -0.05) is 6.07 Å². The number of likely N-dealkylation sites (N-methyl/N-ethyl adjacent to an activating group) is 1. The molecule has 7 heteroatoms. The molecule has 168 valence electrons. The van der Waals surface area contributed by atoms with Crippen LogP contribution in [0, 0.1) is 13.8 Å². The minimum Gasteiger partial charge on any atom is -0.492 e. The van der Waals surface area contributed by atoms with Crippen LogP contribution in [0.2, 0.25) is 0 Å². The molecule has 0 atom stereocenters. The Hall–Kier alpha value is -2.12. The van der Waals surface area contributed by atoms with Gasteiger partial charge in [-0.3, -0.25) is 19.4 Å².